The first-order valence-electron chi connectivity index (χ1n) is 13.3. The summed E-state index contributed by atoms with van der Waals surface area (Å²) in [5, 5.41) is 3.13. The number of amides is 2. The fourth-order valence-corrected chi connectivity index (χ4v) is 4.82. The molecule has 0 aromatic heterocycles. The Morgan fingerprint density at radius 2 is 1.71 bits per heavy atom. The average molecular weight is 494 g/mol. The van der Waals surface area contributed by atoms with E-state index in [0.29, 0.717) is 18.1 Å². The largest absolute Gasteiger partial charge is 0.463 e. The van der Waals surface area contributed by atoms with Gasteiger partial charge in [-0.15, -0.1) is 0 Å². The number of esters is 1. The molecule has 1 N–H and O–H groups in total. The summed E-state index contributed by atoms with van der Waals surface area (Å²) < 4.78 is 5.12. The highest BCUT2D eigenvalue weighted by molar-refractivity contribution is 5.91. The van der Waals surface area contributed by atoms with E-state index >= 15 is 0 Å². The van der Waals surface area contributed by atoms with Gasteiger partial charge in [0.1, 0.15) is 6.04 Å². The van der Waals surface area contributed by atoms with Crippen LogP contribution >= 0.6 is 0 Å². The van der Waals surface area contributed by atoms with Crippen molar-refractivity contribution >= 4 is 17.8 Å². The van der Waals surface area contributed by atoms with Crippen molar-refractivity contribution in [3.8, 4) is 0 Å². The van der Waals surface area contributed by atoms with Crippen LogP contribution in [0, 0.1) is 17.3 Å². The van der Waals surface area contributed by atoms with E-state index in [0.717, 1.165) is 25.8 Å². The van der Waals surface area contributed by atoms with Gasteiger partial charge in [-0.3, -0.25) is 14.5 Å². The molecule has 4 atom stereocenters. The Morgan fingerprint density at radius 1 is 1.11 bits per heavy atom. The van der Waals surface area contributed by atoms with Crippen molar-refractivity contribution in [2.45, 2.75) is 113 Å². The molecule has 2 amide bonds. The number of hydrogen-bond donors (Lipinski definition) is 1. The van der Waals surface area contributed by atoms with Crippen LogP contribution in [0.3, 0.4) is 0 Å². The van der Waals surface area contributed by atoms with Crippen molar-refractivity contribution in [2.24, 2.45) is 17.3 Å². The van der Waals surface area contributed by atoms with Gasteiger partial charge in [0.2, 0.25) is 11.8 Å². The lowest BCUT2D eigenvalue weighted by Crippen LogP contribution is -2.61. The Hall–Kier alpha value is -1.89. The Morgan fingerprint density at radius 3 is 2.17 bits per heavy atom. The first-order valence-corrected chi connectivity index (χ1v) is 13.3. The second kappa shape index (κ2) is 13.4. The number of ether oxygens (including phenoxy) is 1. The van der Waals surface area contributed by atoms with Gasteiger partial charge in [0, 0.05) is 25.2 Å². The molecule has 0 spiro atoms. The monoisotopic (exact) mass is 493 g/mol. The normalized spacial score (nSPS) is 21.6. The maximum absolute atomic E-state index is 13.8. The van der Waals surface area contributed by atoms with Crippen LogP contribution in [0.1, 0.15) is 88.5 Å². The van der Waals surface area contributed by atoms with E-state index in [-0.39, 0.29) is 41.8 Å². The molecule has 1 fully saturated rings. The van der Waals surface area contributed by atoms with Gasteiger partial charge in [-0.1, -0.05) is 54.0 Å². The fourth-order valence-electron chi connectivity index (χ4n) is 4.82. The second-order valence-electron chi connectivity index (χ2n) is 11.7. The summed E-state index contributed by atoms with van der Waals surface area (Å²) in [5.41, 5.74) is -0.00655. The van der Waals surface area contributed by atoms with Gasteiger partial charge in [0.05, 0.1) is 18.7 Å². The highest BCUT2D eigenvalue weighted by Crippen LogP contribution is 2.28. The quantitative estimate of drug-likeness (QED) is 0.360. The van der Waals surface area contributed by atoms with Crippen molar-refractivity contribution in [1.82, 2.24) is 15.1 Å². The van der Waals surface area contributed by atoms with Crippen LogP contribution in [0.15, 0.2) is 11.6 Å². The molecule has 0 aromatic rings. The number of nitrogens with zero attached hydrogens (tertiary/aromatic N) is 2. The maximum atomic E-state index is 13.8. The van der Waals surface area contributed by atoms with E-state index in [2.05, 4.69) is 31.0 Å². The summed E-state index contributed by atoms with van der Waals surface area (Å²) >= 11 is 0. The summed E-state index contributed by atoms with van der Waals surface area (Å²) in [4.78, 5) is 43.5. The SMILES string of the molecule is CCOC(=O)/C(C)=C/[C@H](C(C)C)N(C)C(=O)[C@@H](NC(=O)C1CC[C@H](CC)CN1C(C)C)C(C)(C)C. The van der Waals surface area contributed by atoms with Crippen molar-refractivity contribution in [1.29, 1.82) is 0 Å². The molecule has 202 valence electrons. The minimum Gasteiger partial charge on any atom is -0.463 e. The molecule has 7 heteroatoms. The summed E-state index contributed by atoms with van der Waals surface area (Å²) in [5.74, 6) is 0.0699. The van der Waals surface area contributed by atoms with Crippen LogP contribution in [0.4, 0.5) is 0 Å². The molecule has 0 saturated carbocycles. The molecule has 7 nitrogen and oxygen atoms in total. The van der Waals surface area contributed by atoms with Crippen LogP contribution in [0.5, 0.6) is 0 Å². The van der Waals surface area contributed by atoms with Gasteiger partial charge in [-0.2, -0.15) is 0 Å². The number of likely N-dealkylation sites (tertiary alicyclic amines) is 1. The van der Waals surface area contributed by atoms with Crippen LogP contribution in [0.25, 0.3) is 0 Å². The predicted molar refractivity (Wildman–Crippen MR) is 142 cm³/mol. The third kappa shape index (κ3) is 8.62. The smallest absolute Gasteiger partial charge is 0.333 e. The second-order valence-corrected chi connectivity index (χ2v) is 11.7. The Kier molecular flexibility index (Phi) is 11.9. The minimum absolute atomic E-state index is 0.0744. The van der Waals surface area contributed by atoms with Crippen LogP contribution in [-0.4, -0.2) is 72.0 Å². The summed E-state index contributed by atoms with van der Waals surface area (Å²) in [6.07, 6.45) is 4.74. The summed E-state index contributed by atoms with van der Waals surface area (Å²) in [6, 6.07) is -0.961. The molecule has 1 saturated heterocycles. The van der Waals surface area contributed by atoms with Gasteiger partial charge >= 0.3 is 5.97 Å². The first kappa shape index (κ1) is 31.1. The van der Waals surface area contributed by atoms with Crippen molar-refractivity contribution < 1.29 is 19.1 Å². The van der Waals surface area contributed by atoms with Gasteiger partial charge in [-0.05, 0) is 57.8 Å². The van der Waals surface area contributed by atoms with Crippen molar-refractivity contribution in [3.05, 3.63) is 11.6 Å². The van der Waals surface area contributed by atoms with Crippen LogP contribution < -0.4 is 5.32 Å². The Balaban J connectivity index is 3.17. The van der Waals surface area contributed by atoms with Gasteiger partial charge in [0.15, 0.2) is 0 Å². The number of hydrogen-bond acceptors (Lipinski definition) is 5. The molecule has 1 heterocycles. The summed E-state index contributed by atoms with van der Waals surface area (Å²) in [7, 11) is 1.75. The number of carbonyl (C=O) groups is 3. The maximum Gasteiger partial charge on any atom is 0.333 e. The molecule has 35 heavy (non-hydrogen) atoms. The molecular weight excluding hydrogens is 442 g/mol. The molecular formula is C28H51N3O4. The lowest BCUT2D eigenvalue weighted by atomic mass is 9.84. The van der Waals surface area contributed by atoms with E-state index in [4.69, 9.17) is 4.74 Å². The summed E-state index contributed by atoms with van der Waals surface area (Å²) in [6.45, 7) is 21.1. The highest BCUT2D eigenvalue weighted by Gasteiger charge is 2.40. The standard InChI is InChI=1S/C28H51N3O4/c1-12-21-14-15-22(31(17-21)19(5)6)25(32)29-24(28(8,9)10)26(33)30(11)23(18(3)4)16-20(7)27(34)35-13-2/h16,18-19,21-24H,12-15,17H2,1-11H3,(H,29,32)/b20-16+/t21-,22?,23+,24+/m0/s1. The molecule has 0 bridgehead atoms. The Labute approximate surface area is 214 Å². The lowest BCUT2D eigenvalue weighted by molar-refractivity contribution is -0.142. The first-order chi connectivity index (χ1) is 16.1. The van der Waals surface area contributed by atoms with E-state index in [1.54, 1.807) is 31.9 Å². The third-order valence-corrected chi connectivity index (χ3v) is 7.16. The molecule has 1 rings (SSSR count). The van der Waals surface area contributed by atoms with Gasteiger partial charge in [0.25, 0.3) is 0 Å². The third-order valence-electron chi connectivity index (χ3n) is 7.16. The molecule has 0 radical (unpaired) electrons. The van der Waals surface area contributed by atoms with E-state index in [9.17, 15) is 14.4 Å². The van der Waals surface area contributed by atoms with E-state index in [1.807, 2.05) is 34.6 Å². The number of rotatable bonds is 10. The zero-order chi connectivity index (χ0) is 27.1. The van der Waals surface area contributed by atoms with Gasteiger partial charge in [-0.25, -0.2) is 4.79 Å². The van der Waals surface area contributed by atoms with Crippen LogP contribution in [0.2, 0.25) is 0 Å². The van der Waals surface area contributed by atoms with E-state index in [1.165, 1.54) is 0 Å². The molecule has 0 aromatic carbocycles. The van der Waals surface area contributed by atoms with Gasteiger partial charge < -0.3 is 15.0 Å². The topological polar surface area (TPSA) is 79.0 Å². The number of carbonyl (C=O) groups excluding carboxylic acids is 3. The number of nitrogens with one attached hydrogen (secondary N) is 1. The minimum atomic E-state index is -0.685. The molecule has 1 unspecified atom stereocenters. The zero-order valence-corrected chi connectivity index (χ0v) is 24.1. The Bertz CT molecular complexity index is 754. The van der Waals surface area contributed by atoms with Crippen molar-refractivity contribution in [2.75, 3.05) is 20.2 Å². The number of piperidine rings is 1. The fraction of sp³-hybridized carbons (Fsp3) is 0.821. The highest BCUT2D eigenvalue weighted by atomic mass is 16.5. The molecule has 1 aliphatic heterocycles. The lowest BCUT2D eigenvalue weighted by Gasteiger charge is -2.43. The molecule has 1 aliphatic rings. The average Bonchev–Trinajstić information content (AvgIpc) is 2.78. The predicted octanol–water partition coefficient (Wildman–Crippen LogP) is 4.41. The van der Waals surface area contributed by atoms with Crippen molar-refractivity contribution in [3.63, 3.8) is 0 Å². The molecule has 0 aliphatic carbocycles. The number of likely N-dealkylation sites (N-methyl/N-ethyl adjacent to an activating group) is 1. The van der Waals surface area contributed by atoms with Crippen LogP contribution in [-0.2, 0) is 19.1 Å². The van der Waals surface area contributed by atoms with E-state index < -0.39 is 11.5 Å². The zero-order valence-electron chi connectivity index (χ0n) is 24.1.